The molecule has 0 aliphatic heterocycles. The van der Waals surface area contributed by atoms with E-state index >= 15 is 0 Å². The van der Waals surface area contributed by atoms with Gasteiger partial charge < -0.3 is 4.74 Å². The van der Waals surface area contributed by atoms with Gasteiger partial charge in [0.05, 0.1) is 0 Å². The van der Waals surface area contributed by atoms with E-state index in [0.29, 0.717) is 12.2 Å². The van der Waals surface area contributed by atoms with Crippen molar-refractivity contribution < 1.29 is 9.53 Å². The van der Waals surface area contributed by atoms with Crippen LogP contribution in [0.5, 0.6) is 5.75 Å². The molecule has 15 heavy (non-hydrogen) atoms. The SMILES string of the molecule is CCCCCC.O=COc1ccccc1. The second kappa shape index (κ2) is 10.8. The Kier molecular flexibility index (Phi) is 9.83. The molecule has 0 amide bonds. The highest BCUT2D eigenvalue weighted by molar-refractivity contribution is 5.44. The zero-order valence-corrected chi connectivity index (χ0v) is 9.61. The lowest BCUT2D eigenvalue weighted by molar-refractivity contribution is -0.120. The van der Waals surface area contributed by atoms with Crippen LogP contribution in [-0.4, -0.2) is 6.47 Å². The summed E-state index contributed by atoms with van der Waals surface area (Å²) in [6, 6.07) is 8.90. The molecule has 0 saturated carbocycles. The lowest BCUT2D eigenvalue weighted by Gasteiger charge is -1.92. The van der Waals surface area contributed by atoms with Crippen LogP contribution in [0.15, 0.2) is 30.3 Å². The van der Waals surface area contributed by atoms with Crippen molar-refractivity contribution in [1.29, 1.82) is 0 Å². The number of benzene rings is 1. The van der Waals surface area contributed by atoms with Gasteiger partial charge in [-0.05, 0) is 12.1 Å². The Hall–Kier alpha value is -1.31. The third kappa shape index (κ3) is 9.01. The molecule has 0 saturated heterocycles. The Morgan fingerprint density at radius 1 is 1.07 bits per heavy atom. The fourth-order valence-corrected chi connectivity index (χ4v) is 1.05. The van der Waals surface area contributed by atoms with Gasteiger partial charge in [0, 0.05) is 0 Å². The first-order valence-corrected chi connectivity index (χ1v) is 5.50. The van der Waals surface area contributed by atoms with Gasteiger partial charge in [-0.25, -0.2) is 0 Å². The molecule has 1 aromatic rings. The number of carbonyl (C=O) groups is 1. The van der Waals surface area contributed by atoms with Crippen LogP contribution in [-0.2, 0) is 4.79 Å². The average molecular weight is 208 g/mol. The number of hydrogen-bond acceptors (Lipinski definition) is 2. The topological polar surface area (TPSA) is 26.3 Å². The van der Waals surface area contributed by atoms with Gasteiger partial charge in [0.25, 0.3) is 6.47 Å². The van der Waals surface area contributed by atoms with Crippen LogP contribution in [0.25, 0.3) is 0 Å². The maximum absolute atomic E-state index is 9.75. The molecule has 0 aliphatic rings. The molecular weight excluding hydrogens is 188 g/mol. The quantitative estimate of drug-likeness (QED) is 0.543. The highest BCUT2D eigenvalue weighted by Gasteiger charge is 1.84. The van der Waals surface area contributed by atoms with E-state index < -0.39 is 0 Å². The summed E-state index contributed by atoms with van der Waals surface area (Å²) in [6.07, 6.45) is 5.54. The molecule has 0 spiro atoms. The van der Waals surface area contributed by atoms with Gasteiger partial charge in [-0.2, -0.15) is 0 Å². The van der Waals surface area contributed by atoms with Gasteiger partial charge in [0.2, 0.25) is 0 Å². The van der Waals surface area contributed by atoms with Crippen molar-refractivity contribution in [3.05, 3.63) is 30.3 Å². The van der Waals surface area contributed by atoms with E-state index in [2.05, 4.69) is 18.6 Å². The smallest absolute Gasteiger partial charge is 0.298 e. The molecule has 0 aromatic heterocycles. The second-order valence-electron chi connectivity index (χ2n) is 3.23. The van der Waals surface area contributed by atoms with E-state index in [0.717, 1.165) is 0 Å². The summed E-state index contributed by atoms with van der Waals surface area (Å²) in [5.41, 5.74) is 0. The summed E-state index contributed by atoms with van der Waals surface area (Å²) >= 11 is 0. The minimum Gasteiger partial charge on any atom is -0.429 e. The molecule has 2 nitrogen and oxygen atoms in total. The van der Waals surface area contributed by atoms with Crippen LogP contribution in [0.3, 0.4) is 0 Å². The third-order valence-electron chi connectivity index (χ3n) is 1.88. The largest absolute Gasteiger partial charge is 0.429 e. The predicted octanol–water partition coefficient (Wildman–Crippen LogP) is 3.81. The van der Waals surface area contributed by atoms with E-state index in [-0.39, 0.29) is 0 Å². The summed E-state index contributed by atoms with van der Waals surface area (Å²) in [6.45, 7) is 4.88. The van der Waals surface area contributed by atoms with Crippen molar-refractivity contribution in [3.8, 4) is 5.75 Å². The van der Waals surface area contributed by atoms with Gasteiger partial charge >= 0.3 is 0 Å². The normalized spacial score (nSPS) is 8.67. The number of carbonyl (C=O) groups excluding carboxylic acids is 1. The average Bonchev–Trinajstić information content (AvgIpc) is 2.29. The number of rotatable bonds is 5. The molecule has 0 bridgehead atoms. The van der Waals surface area contributed by atoms with Crippen LogP contribution in [0.1, 0.15) is 39.5 Å². The maximum Gasteiger partial charge on any atom is 0.298 e. The third-order valence-corrected chi connectivity index (χ3v) is 1.88. The summed E-state index contributed by atoms with van der Waals surface area (Å²) in [5, 5.41) is 0. The van der Waals surface area contributed by atoms with Crippen LogP contribution in [0.2, 0.25) is 0 Å². The molecule has 0 aliphatic carbocycles. The van der Waals surface area contributed by atoms with E-state index in [1.165, 1.54) is 25.7 Å². The lowest BCUT2D eigenvalue weighted by Crippen LogP contribution is -1.85. The highest BCUT2D eigenvalue weighted by atomic mass is 16.5. The molecule has 0 radical (unpaired) electrons. The van der Waals surface area contributed by atoms with Gasteiger partial charge in [0.15, 0.2) is 0 Å². The molecule has 0 N–H and O–H groups in total. The van der Waals surface area contributed by atoms with Gasteiger partial charge in [0.1, 0.15) is 5.75 Å². The monoisotopic (exact) mass is 208 g/mol. The maximum atomic E-state index is 9.75. The van der Waals surface area contributed by atoms with E-state index in [9.17, 15) is 4.79 Å². The Balaban J connectivity index is 0.000000288. The fourth-order valence-electron chi connectivity index (χ4n) is 1.05. The first kappa shape index (κ1) is 13.7. The predicted molar refractivity (Wildman–Crippen MR) is 63.0 cm³/mol. The molecule has 1 rings (SSSR count). The van der Waals surface area contributed by atoms with Gasteiger partial charge in [-0.3, -0.25) is 4.79 Å². The zero-order valence-electron chi connectivity index (χ0n) is 9.61. The summed E-state index contributed by atoms with van der Waals surface area (Å²) in [4.78, 5) is 9.75. The minimum atomic E-state index is 0.412. The van der Waals surface area contributed by atoms with Crippen molar-refractivity contribution in [2.45, 2.75) is 39.5 Å². The molecule has 0 heterocycles. The molecule has 0 unspecified atom stereocenters. The Morgan fingerprint density at radius 3 is 2.00 bits per heavy atom. The van der Waals surface area contributed by atoms with Gasteiger partial charge in [-0.15, -0.1) is 0 Å². The number of unbranched alkanes of at least 4 members (excludes halogenated alkanes) is 3. The molecule has 84 valence electrons. The van der Waals surface area contributed by atoms with Crippen molar-refractivity contribution in [1.82, 2.24) is 0 Å². The molecule has 2 heteroatoms. The van der Waals surface area contributed by atoms with Gasteiger partial charge in [-0.1, -0.05) is 57.7 Å². The lowest BCUT2D eigenvalue weighted by atomic mass is 10.2. The molecular formula is C13H20O2. The van der Waals surface area contributed by atoms with Crippen LogP contribution in [0.4, 0.5) is 0 Å². The number of para-hydroxylation sites is 1. The van der Waals surface area contributed by atoms with Crippen molar-refractivity contribution in [2.75, 3.05) is 0 Å². The molecule has 0 fully saturated rings. The fraction of sp³-hybridized carbons (Fsp3) is 0.462. The first-order chi connectivity index (χ1) is 7.35. The Labute approximate surface area is 92.3 Å². The Morgan fingerprint density at radius 2 is 1.60 bits per heavy atom. The standard InChI is InChI=1S/C7H6O2.C6H14/c8-6-9-7-4-2-1-3-5-7;1-3-5-6-4-2/h1-6H;3-6H2,1-2H3. The summed E-state index contributed by atoms with van der Waals surface area (Å²) in [7, 11) is 0. The Bertz CT molecular complexity index is 228. The van der Waals surface area contributed by atoms with Crippen LogP contribution in [0, 0.1) is 0 Å². The van der Waals surface area contributed by atoms with Crippen molar-refractivity contribution >= 4 is 6.47 Å². The molecule has 0 atom stereocenters. The van der Waals surface area contributed by atoms with Crippen molar-refractivity contribution in [3.63, 3.8) is 0 Å². The first-order valence-electron chi connectivity index (χ1n) is 5.50. The second-order valence-corrected chi connectivity index (χ2v) is 3.23. The minimum absolute atomic E-state index is 0.412. The van der Waals surface area contributed by atoms with Crippen LogP contribution >= 0.6 is 0 Å². The van der Waals surface area contributed by atoms with E-state index in [1.54, 1.807) is 24.3 Å². The number of ether oxygens (including phenoxy) is 1. The zero-order chi connectivity index (χ0) is 11.4. The van der Waals surface area contributed by atoms with Crippen molar-refractivity contribution in [2.24, 2.45) is 0 Å². The van der Waals surface area contributed by atoms with E-state index in [4.69, 9.17) is 0 Å². The van der Waals surface area contributed by atoms with Crippen LogP contribution < -0.4 is 4.74 Å². The van der Waals surface area contributed by atoms with E-state index in [1.807, 2.05) is 6.07 Å². The number of hydrogen-bond donors (Lipinski definition) is 0. The highest BCUT2D eigenvalue weighted by Crippen LogP contribution is 2.05. The summed E-state index contributed by atoms with van der Waals surface area (Å²) < 4.78 is 4.53. The summed E-state index contributed by atoms with van der Waals surface area (Å²) in [5.74, 6) is 0.576. The molecule has 1 aromatic carbocycles.